The Morgan fingerprint density at radius 3 is 2.14 bits per heavy atom. The third-order valence-corrected chi connectivity index (χ3v) is 6.30. The minimum Gasteiger partial charge on any atom is -0.444 e. The van der Waals surface area contributed by atoms with Gasteiger partial charge in [-0.2, -0.15) is 5.06 Å². The Balaban J connectivity index is 2.04. The van der Waals surface area contributed by atoms with Gasteiger partial charge in [-0.15, -0.1) is 22.7 Å². The zero-order valence-corrected chi connectivity index (χ0v) is 20.1. The van der Waals surface area contributed by atoms with Gasteiger partial charge in [0.2, 0.25) is 0 Å². The summed E-state index contributed by atoms with van der Waals surface area (Å²) in [6.07, 6.45) is -0.618. The Kier molecular flexibility index (Phi) is 8.05. The molecule has 0 aliphatic heterocycles. The monoisotopic (exact) mass is 552 g/mol. The van der Waals surface area contributed by atoms with Crippen molar-refractivity contribution in [1.82, 2.24) is 10.4 Å². The summed E-state index contributed by atoms with van der Waals surface area (Å²) in [7, 11) is 0. The van der Waals surface area contributed by atoms with Gasteiger partial charge in [0, 0.05) is 26.3 Å². The van der Waals surface area contributed by atoms with Gasteiger partial charge in [-0.1, -0.05) is 0 Å². The van der Waals surface area contributed by atoms with Crippen LogP contribution in [0.3, 0.4) is 0 Å². The van der Waals surface area contributed by atoms with Crippen LogP contribution in [-0.2, 0) is 9.57 Å². The maximum atomic E-state index is 12.7. The molecule has 2 aromatic rings. The van der Waals surface area contributed by atoms with Crippen LogP contribution >= 0.6 is 54.5 Å². The summed E-state index contributed by atoms with van der Waals surface area (Å²) in [6, 6.07) is 3.24. The summed E-state index contributed by atoms with van der Waals surface area (Å²) < 4.78 is 6.65. The lowest BCUT2D eigenvalue weighted by Gasteiger charge is -2.22. The zero-order chi connectivity index (χ0) is 20.9. The fourth-order valence-electron chi connectivity index (χ4n) is 1.88. The molecule has 0 radical (unpaired) electrons. The third-order valence-electron chi connectivity index (χ3n) is 2.95. The number of nitrogens with zero attached hydrogens (tertiary/aromatic N) is 1. The molecule has 11 heteroatoms. The van der Waals surface area contributed by atoms with Crippen LogP contribution in [-0.4, -0.2) is 41.7 Å². The van der Waals surface area contributed by atoms with Crippen molar-refractivity contribution in [2.75, 3.05) is 13.1 Å². The van der Waals surface area contributed by atoms with E-state index in [-0.39, 0.29) is 13.1 Å². The maximum absolute atomic E-state index is 12.7. The van der Waals surface area contributed by atoms with Gasteiger partial charge in [0.05, 0.1) is 11.4 Å². The van der Waals surface area contributed by atoms with Crippen molar-refractivity contribution >= 4 is 72.5 Å². The molecule has 2 rings (SSSR count). The molecule has 1 N–H and O–H groups in total. The lowest BCUT2D eigenvalue weighted by Crippen LogP contribution is -2.41. The van der Waals surface area contributed by atoms with Crippen molar-refractivity contribution in [3.8, 4) is 0 Å². The number of hydrogen-bond donors (Lipinski definition) is 1. The Morgan fingerprint density at radius 2 is 1.64 bits per heavy atom. The number of alkyl carbamates (subject to hydrolysis) is 1. The first-order valence-corrected chi connectivity index (χ1v) is 11.4. The predicted molar refractivity (Wildman–Crippen MR) is 115 cm³/mol. The average Bonchev–Trinajstić information content (AvgIpc) is 3.20. The summed E-state index contributed by atoms with van der Waals surface area (Å²) >= 11 is 8.97. The molecule has 2 amide bonds. The van der Waals surface area contributed by atoms with Gasteiger partial charge < -0.3 is 14.9 Å². The summed E-state index contributed by atoms with van der Waals surface area (Å²) in [6.45, 7) is 5.26. The van der Waals surface area contributed by atoms with Crippen LogP contribution in [0.25, 0.3) is 0 Å². The van der Waals surface area contributed by atoms with Gasteiger partial charge in [0.1, 0.15) is 10.5 Å². The first-order chi connectivity index (χ1) is 13.0. The molecular weight excluding hydrogens is 536 g/mol. The summed E-state index contributed by atoms with van der Waals surface area (Å²) in [5.74, 6) is -1.14. The molecule has 7 nitrogen and oxygen atoms in total. The topological polar surface area (TPSA) is 84.9 Å². The van der Waals surface area contributed by atoms with E-state index in [0.29, 0.717) is 9.75 Å². The lowest BCUT2D eigenvalue weighted by molar-refractivity contribution is -0.0800. The minimum atomic E-state index is -0.656. The van der Waals surface area contributed by atoms with E-state index in [0.717, 1.165) is 14.0 Å². The van der Waals surface area contributed by atoms with E-state index in [1.165, 1.54) is 22.7 Å². The van der Waals surface area contributed by atoms with Crippen molar-refractivity contribution < 1.29 is 24.0 Å². The second-order valence-corrected chi connectivity index (χ2v) is 10.1. The lowest BCUT2D eigenvalue weighted by atomic mass is 10.2. The zero-order valence-electron chi connectivity index (χ0n) is 15.3. The van der Waals surface area contributed by atoms with E-state index in [4.69, 9.17) is 9.57 Å². The molecule has 0 spiro atoms. The van der Waals surface area contributed by atoms with E-state index in [1.54, 1.807) is 43.7 Å². The molecule has 0 unspecified atom stereocenters. The predicted octanol–water partition coefficient (Wildman–Crippen LogP) is 5.07. The molecule has 2 heterocycles. The number of hydroxylamine groups is 2. The number of ether oxygens (including phenoxy) is 1. The largest absolute Gasteiger partial charge is 0.444 e. The molecule has 0 aromatic carbocycles. The van der Waals surface area contributed by atoms with Crippen molar-refractivity contribution in [3.63, 3.8) is 0 Å². The van der Waals surface area contributed by atoms with E-state index >= 15 is 0 Å². The normalized spacial score (nSPS) is 11.0. The minimum absolute atomic E-state index is 0.0358. The average molecular weight is 554 g/mol. The molecule has 0 atom stereocenters. The van der Waals surface area contributed by atoms with Crippen molar-refractivity contribution in [2.45, 2.75) is 26.4 Å². The van der Waals surface area contributed by atoms with E-state index in [2.05, 4.69) is 37.2 Å². The quantitative estimate of drug-likeness (QED) is 0.522. The number of thiophene rings is 2. The Hall–Kier alpha value is -1.43. The number of rotatable bonds is 5. The number of carbonyl (C=O) groups is 3. The van der Waals surface area contributed by atoms with Gasteiger partial charge in [-0.3, -0.25) is 4.79 Å². The standard InChI is InChI=1S/C17H18Br2N2O5S2/c1-17(2,3)25-16(24)20-4-5-21(14(22)12-6-10(18)8-27-12)26-15(23)13-7-11(19)9-28-13/h6-9H,4-5H2,1-3H3,(H,20,24). The highest BCUT2D eigenvalue weighted by molar-refractivity contribution is 9.10. The Morgan fingerprint density at radius 1 is 1.07 bits per heavy atom. The van der Waals surface area contributed by atoms with E-state index < -0.39 is 23.6 Å². The van der Waals surface area contributed by atoms with E-state index in [9.17, 15) is 14.4 Å². The molecule has 28 heavy (non-hydrogen) atoms. The molecule has 0 aliphatic carbocycles. The van der Waals surface area contributed by atoms with Crippen LogP contribution in [0.1, 0.15) is 40.1 Å². The second kappa shape index (κ2) is 9.86. The number of carbonyl (C=O) groups excluding carboxylic acids is 3. The van der Waals surface area contributed by atoms with Crippen molar-refractivity contribution in [2.24, 2.45) is 0 Å². The SMILES string of the molecule is CC(C)(C)OC(=O)NCCN(OC(=O)c1cc(Br)cs1)C(=O)c1cc(Br)cs1. The second-order valence-electron chi connectivity index (χ2n) is 6.47. The van der Waals surface area contributed by atoms with Crippen LogP contribution in [0.15, 0.2) is 31.8 Å². The summed E-state index contributed by atoms with van der Waals surface area (Å²) in [5, 5.41) is 6.97. The highest BCUT2D eigenvalue weighted by Crippen LogP contribution is 2.23. The first kappa shape index (κ1) is 22.9. The highest BCUT2D eigenvalue weighted by atomic mass is 79.9. The molecule has 0 aliphatic rings. The number of hydrogen-bond acceptors (Lipinski definition) is 7. The summed E-state index contributed by atoms with van der Waals surface area (Å²) in [4.78, 5) is 42.9. The van der Waals surface area contributed by atoms with Crippen LogP contribution in [0, 0.1) is 0 Å². The third kappa shape index (κ3) is 7.19. The smallest absolute Gasteiger partial charge is 0.407 e. The van der Waals surface area contributed by atoms with Gasteiger partial charge >= 0.3 is 12.1 Å². The van der Waals surface area contributed by atoms with Gasteiger partial charge in [0.25, 0.3) is 5.91 Å². The molecule has 152 valence electrons. The molecule has 2 aromatic heterocycles. The first-order valence-electron chi connectivity index (χ1n) is 8.04. The van der Waals surface area contributed by atoms with Gasteiger partial charge in [-0.05, 0) is 64.8 Å². The molecule has 0 saturated carbocycles. The highest BCUT2D eigenvalue weighted by Gasteiger charge is 2.24. The maximum Gasteiger partial charge on any atom is 0.407 e. The molecule has 0 fully saturated rings. The van der Waals surface area contributed by atoms with E-state index in [1.807, 2.05) is 0 Å². The Labute approximate surface area is 187 Å². The van der Waals surface area contributed by atoms with Gasteiger partial charge in [0.15, 0.2) is 0 Å². The number of halogens is 2. The number of nitrogens with one attached hydrogen (secondary N) is 1. The number of amides is 2. The van der Waals surface area contributed by atoms with Crippen molar-refractivity contribution in [1.29, 1.82) is 0 Å². The summed E-state index contributed by atoms with van der Waals surface area (Å²) in [5.41, 5.74) is -0.637. The molecular formula is C17H18Br2N2O5S2. The Bertz CT molecular complexity index is 860. The molecule has 0 saturated heterocycles. The van der Waals surface area contributed by atoms with Crippen molar-refractivity contribution in [3.05, 3.63) is 41.6 Å². The van der Waals surface area contributed by atoms with Crippen LogP contribution in [0.2, 0.25) is 0 Å². The fourth-order valence-corrected chi connectivity index (χ4v) is 4.54. The van der Waals surface area contributed by atoms with Crippen LogP contribution < -0.4 is 5.32 Å². The van der Waals surface area contributed by atoms with Crippen LogP contribution in [0.4, 0.5) is 4.79 Å². The van der Waals surface area contributed by atoms with Gasteiger partial charge in [-0.25, -0.2) is 9.59 Å². The molecule has 0 bridgehead atoms. The van der Waals surface area contributed by atoms with Crippen LogP contribution in [0.5, 0.6) is 0 Å². The fraction of sp³-hybridized carbons (Fsp3) is 0.353.